The van der Waals surface area contributed by atoms with Crippen LogP contribution < -0.4 is 0 Å². The first kappa shape index (κ1) is 12.3. The average molecular weight is 343 g/mol. The van der Waals surface area contributed by atoms with Crippen molar-refractivity contribution in [1.29, 1.82) is 0 Å². The molecule has 0 aliphatic heterocycles. The molecule has 6 heteroatoms. The second-order valence-corrected chi connectivity index (χ2v) is 7.11. The molecule has 0 amide bonds. The molecule has 1 unspecified atom stereocenters. The number of halogens is 1. The minimum absolute atomic E-state index is 0.482. The Morgan fingerprint density at radius 2 is 2.39 bits per heavy atom. The van der Waals surface area contributed by atoms with E-state index in [4.69, 9.17) is 0 Å². The van der Waals surface area contributed by atoms with Crippen molar-refractivity contribution in [3.63, 3.8) is 0 Å². The first-order valence-corrected chi connectivity index (χ1v) is 7.97. The van der Waals surface area contributed by atoms with Crippen molar-refractivity contribution in [2.24, 2.45) is 0 Å². The summed E-state index contributed by atoms with van der Waals surface area (Å²) in [7, 11) is 0. The summed E-state index contributed by atoms with van der Waals surface area (Å²) >= 11 is 6.70. The molecule has 3 rings (SSSR count). The number of aliphatic hydroxyl groups excluding tert-OH is 1. The van der Waals surface area contributed by atoms with Gasteiger partial charge in [-0.1, -0.05) is 0 Å². The second kappa shape index (κ2) is 4.77. The fourth-order valence-corrected chi connectivity index (χ4v) is 4.08. The number of hydrogen-bond acceptors (Lipinski definition) is 4. The number of fused-ring (bicyclic) bond motifs is 1. The first-order valence-electron chi connectivity index (χ1n) is 5.48. The van der Waals surface area contributed by atoms with E-state index < -0.39 is 6.10 Å². The molecular formula is C12H11BrN2OS2. The van der Waals surface area contributed by atoms with E-state index in [9.17, 15) is 5.11 Å². The predicted molar refractivity (Wildman–Crippen MR) is 78.5 cm³/mol. The zero-order valence-electron chi connectivity index (χ0n) is 9.63. The van der Waals surface area contributed by atoms with Crippen LogP contribution in [0, 0.1) is 6.92 Å². The van der Waals surface area contributed by atoms with Crippen LogP contribution in [0.25, 0.3) is 4.96 Å². The molecule has 1 N–H and O–H groups in total. The molecular weight excluding hydrogens is 332 g/mol. The van der Waals surface area contributed by atoms with Gasteiger partial charge in [0.1, 0.15) is 0 Å². The van der Waals surface area contributed by atoms with Gasteiger partial charge in [0.15, 0.2) is 4.96 Å². The quantitative estimate of drug-likeness (QED) is 0.785. The molecule has 18 heavy (non-hydrogen) atoms. The van der Waals surface area contributed by atoms with Gasteiger partial charge in [0, 0.05) is 38.4 Å². The maximum absolute atomic E-state index is 10.2. The summed E-state index contributed by atoms with van der Waals surface area (Å²) in [5.41, 5.74) is 0.927. The minimum atomic E-state index is -0.482. The smallest absolute Gasteiger partial charge is 0.193 e. The van der Waals surface area contributed by atoms with Gasteiger partial charge in [-0.2, -0.15) is 0 Å². The minimum Gasteiger partial charge on any atom is -0.387 e. The number of rotatable bonds is 3. The zero-order valence-corrected chi connectivity index (χ0v) is 12.8. The topological polar surface area (TPSA) is 37.5 Å². The Bertz CT molecular complexity index is 637. The average Bonchev–Trinajstić information content (AvgIpc) is 2.95. The van der Waals surface area contributed by atoms with Crippen LogP contribution in [-0.4, -0.2) is 14.5 Å². The standard InChI is InChI=1S/C12H11BrN2OS2/c1-7-9(13)5-11(18-7)10(16)4-8-6-15-2-3-17-12(15)14-8/h2-3,5-6,10,16H,4H2,1H3. The molecule has 1 atom stereocenters. The zero-order chi connectivity index (χ0) is 12.7. The highest BCUT2D eigenvalue weighted by Gasteiger charge is 2.15. The molecule has 3 aromatic rings. The van der Waals surface area contributed by atoms with E-state index in [0.29, 0.717) is 6.42 Å². The molecule has 0 fully saturated rings. The van der Waals surface area contributed by atoms with Crippen molar-refractivity contribution in [2.45, 2.75) is 19.4 Å². The van der Waals surface area contributed by atoms with Crippen LogP contribution in [0.3, 0.4) is 0 Å². The van der Waals surface area contributed by atoms with Crippen LogP contribution in [0.4, 0.5) is 0 Å². The van der Waals surface area contributed by atoms with Gasteiger partial charge in [-0.3, -0.25) is 4.40 Å². The maximum atomic E-state index is 10.2. The summed E-state index contributed by atoms with van der Waals surface area (Å²) in [6.45, 7) is 2.04. The lowest BCUT2D eigenvalue weighted by Crippen LogP contribution is -1.99. The Morgan fingerprint density at radius 3 is 3.06 bits per heavy atom. The fourth-order valence-electron chi connectivity index (χ4n) is 1.82. The maximum Gasteiger partial charge on any atom is 0.193 e. The highest BCUT2D eigenvalue weighted by Crippen LogP contribution is 2.32. The van der Waals surface area contributed by atoms with Crippen LogP contribution in [0.5, 0.6) is 0 Å². The molecule has 94 valence electrons. The summed E-state index contributed by atoms with van der Waals surface area (Å²) in [4.78, 5) is 7.63. The van der Waals surface area contributed by atoms with E-state index in [-0.39, 0.29) is 0 Å². The first-order chi connectivity index (χ1) is 8.63. The van der Waals surface area contributed by atoms with E-state index in [1.54, 1.807) is 22.7 Å². The molecule has 0 aliphatic carbocycles. The Hall–Kier alpha value is -0.690. The van der Waals surface area contributed by atoms with Gasteiger partial charge in [-0.15, -0.1) is 22.7 Å². The molecule has 0 radical (unpaired) electrons. The molecule has 0 saturated heterocycles. The van der Waals surface area contributed by atoms with Crippen molar-refractivity contribution in [2.75, 3.05) is 0 Å². The van der Waals surface area contributed by atoms with Crippen LogP contribution >= 0.6 is 38.6 Å². The second-order valence-electron chi connectivity index (χ2n) is 4.10. The highest BCUT2D eigenvalue weighted by atomic mass is 79.9. The van der Waals surface area contributed by atoms with Crippen molar-refractivity contribution < 1.29 is 5.11 Å². The van der Waals surface area contributed by atoms with Gasteiger partial charge in [0.05, 0.1) is 11.8 Å². The van der Waals surface area contributed by atoms with Crippen molar-refractivity contribution in [3.8, 4) is 0 Å². The molecule has 0 spiro atoms. The van der Waals surface area contributed by atoms with Gasteiger partial charge < -0.3 is 5.11 Å². The molecule has 0 saturated carbocycles. The number of aromatic nitrogens is 2. The van der Waals surface area contributed by atoms with Crippen LogP contribution in [0.15, 0.2) is 28.3 Å². The fraction of sp³-hybridized carbons (Fsp3) is 0.250. The third-order valence-electron chi connectivity index (χ3n) is 2.75. The molecule has 3 aromatic heterocycles. The van der Waals surface area contributed by atoms with Gasteiger partial charge in [0.25, 0.3) is 0 Å². The monoisotopic (exact) mass is 342 g/mol. The SMILES string of the molecule is Cc1sc(C(O)Cc2cn3ccsc3n2)cc1Br. The number of imidazole rings is 1. The number of hydrogen-bond donors (Lipinski definition) is 1. The summed E-state index contributed by atoms with van der Waals surface area (Å²) in [6.07, 6.45) is 4.03. The van der Waals surface area contributed by atoms with Crippen molar-refractivity contribution in [1.82, 2.24) is 9.38 Å². The van der Waals surface area contributed by atoms with Crippen LogP contribution in [-0.2, 0) is 6.42 Å². The third-order valence-corrected chi connectivity index (χ3v) is 5.76. The van der Waals surface area contributed by atoms with Gasteiger partial charge in [-0.05, 0) is 28.9 Å². The number of nitrogens with zero attached hydrogens (tertiary/aromatic N) is 2. The lowest BCUT2D eigenvalue weighted by molar-refractivity contribution is 0.181. The number of thiophene rings is 1. The van der Waals surface area contributed by atoms with Gasteiger partial charge >= 0.3 is 0 Å². The lowest BCUT2D eigenvalue weighted by Gasteiger charge is -2.05. The van der Waals surface area contributed by atoms with E-state index in [1.165, 1.54) is 4.88 Å². The predicted octanol–water partition coefficient (Wildman–Crippen LogP) is 3.80. The Morgan fingerprint density at radius 1 is 1.56 bits per heavy atom. The molecule has 3 heterocycles. The van der Waals surface area contributed by atoms with Crippen LogP contribution in [0.2, 0.25) is 0 Å². The van der Waals surface area contributed by atoms with Crippen molar-refractivity contribution >= 4 is 43.6 Å². The molecule has 0 aromatic carbocycles. The number of aliphatic hydroxyl groups is 1. The third kappa shape index (κ3) is 2.25. The highest BCUT2D eigenvalue weighted by molar-refractivity contribution is 9.10. The number of thiazole rings is 1. The van der Waals surface area contributed by atoms with Crippen molar-refractivity contribution in [3.05, 3.63) is 43.8 Å². The summed E-state index contributed by atoms with van der Waals surface area (Å²) in [5, 5.41) is 12.2. The summed E-state index contributed by atoms with van der Waals surface area (Å²) < 4.78 is 3.05. The van der Waals surface area contributed by atoms with E-state index in [1.807, 2.05) is 35.2 Å². The normalized spacial score (nSPS) is 13.3. The lowest BCUT2D eigenvalue weighted by atomic mass is 10.2. The largest absolute Gasteiger partial charge is 0.387 e. The number of aryl methyl sites for hydroxylation is 1. The Balaban J connectivity index is 1.81. The van der Waals surface area contributed by atoms with Gasteiger partial charge in [0.2, 0.25) is 0 Å². The summed E-state index contributed by atoms with van der Waals surface area (Å²) in [5.74, 6) is 0. The van der Waals surface area contributed by atoms with E-state index in [0.717, 1.165) is 20.0 Å². The van der Waals surface area contributed by atoms with Gasteiger partial charge in [-0.25, -0.2) is 4.98 Å². The Kier molecular flexibility index (Phi) is 3.27. The molecule has 0 bridgehead atoms. The molecule has 3 nitrogen and oxygen atoms in total. The summed E-state index contributed by atoms with van der Waals surface area (Å²) in [6, 6.07) is 1.99. The van der Waals surface area contributed by atoms with Crippen LogP contribution in [0.1, 0.15) is 21.6 Å². The Labute approximate surface area is 121 Å². The molecule has 0 aliphatic rings. The van der Waals surface area contributed by atoms with E-state index >= 15 is 0 Å². The van der Waals surface area contributed by atoms with E-state index in [2.05, 4.69) is 20.9 Å².